The Morgan fingerprint density at radius 2 is 2.00 bits per heavy atom. The molecule has 1 aromatic heterocycles. The van der Waals surface area contributed by atoms with Crippen molar-refractivity contribution in [3.05, 3.63) is 52.8 Å². The fraction of sp³-hybridized carbons (Fsp3) is 0.522. The van der Waals surface area contributed by atoms with Crippen molar-refractivity contribution in [1.29, 1.82) is 0 Å². The van der Waals surface area contributed by atoms with E-state index in [0.717, 1.165) is 41.8 Å². The molecule has 1 heterocycles. The van der Waals surface area contributed by atoms with Gasteiger partial charge in [0.15, 0.2) is 0 Å². The number of fused-ring (bicyclic) bond motifs is 1. The second kappa shape index (κ2) is 10.3. The molecule has 7 heteroatoms. The van der Waals surface area contributed by atoms with Crippen LogP contribution in [-0.2, 0) is 28.9 Å². The molecule has 0 fully saturated rings. The van der Waals surface area contributed by atoms with Crippen LogP contribution >= 0.6 is 0 Å². The summed E-state index contributed by atoms with van der Waals surface area (Å²) in [5.74, 6) is 0.115. The summed E-state index contributed by atoms with van der Waals surface area (Å²) in [6.07, 6.45) is 3.04. The van der Waals surface area contributed by atoms with Crippen molar-refractivity contribution in [3.8, 4) is 0 Å². The fourth-order valence-electron chi connectivity index (χ4n) is 3.75. The molecule has 1 aliphatic carbocycles. The maximum absolute atomic E-state index is 12.5. The molecule has 0 bridgehead atoms. The lowest BCUT2D eigenvalue weighted by Gasteiger charge is -2.23. The number of nitrogens with zero attached hydrogens (tertiary/aromatic N) is 2. The number of carbonyl (C=O) groups excluding carboxylic acids is 2. The second-order valence-corrected chi connectivity index (χ2v) is 7.99. The van der Waals surface area contributed by atoms with Gasteiger partial charge in [-0.05, 0) is 42.7 Å². The number of aryl methyl sites for hydroxylation is 1. The third kappa shape index (κ3) is 5.40. The summed E-state index contributed by atoms with van der Waals surface area (Å²) in [7, 11) is 0. The number of carbonyl (C=O) groups is 2. The van der Waals surface area contributed by atoms with Crippen LogP contribution in [-0.4, -0.2) is 34.6 Å². The Morgan fingerprint density at radius 1 is 1.23 bits per heavy atom. The number of unbranched alkanes of at least 4 members (excludes halogenated alkanes) is 1. The predicted molar refractivity (Wildman–Crippen MR) is 114 cm³/mol. The molecule has 1 aromatic carbocycles. The van der Waals surface area contributed by atoms with Crippen molar-refractivity contribution in [1.82, 2.24) is 15.1 Å². The van der Waals surface area contributed by atoms with Gasteiger partial charge in [0.1, 0.15) is 6.61 Å². The quantitative estimate of drug-likeness (QED) is 0.672. The van der Waals surface area contributed by atoms with E-state index in [-0.39, 0.29) is 18.6 Å². The number of aromatic nitrogens is 2. The fourth-order valence-corrected chi connectivity index (χ4v) is 3.75. The van der Waals surface area contributed by atoms with E-state index < -0.39 is 12.2 Å². The Labute approximate surface area is 177 Å². The molecule has 3 rings (SSSR count). The first-order chi connectivity index (χ1) is 14.5. The smallest absolute Gasteiger partial charge is 0.434 e. The van der Waals surface area contributed by atoms with E-state index in [1.165, 1.54) is 4.68 Å². The molecule has 1 aliphatic rings. The molecule has 0 spiro atoms. The molecular weight excluding hydrogens is 382 g/mol. The van der Waals surface area contributed by atoms with Gasteiger partial charge in [-0.2, -0.15) is 9.78 Å². The zero-order chi connectivity index (χ0) is 21.5. The highest BCUT2D eigenvalue weighted by Gasteiger charge is 2.30. The van der Waals surface area contributed by atoms with Crippen molar-refractivity contribution in [3.63, 3.8) is 0 Å². The lowest BCUT2D eigenvalue weighted by atomic mass is 9.89. The third-order valence-corrected chi connectivity index (χ3v) is 5.26. The van der Waals surface area contributed by atoms with Gasteiger partial charge in [-0.15, -0.1) is 0 Å². The Morgan fingerprint density at radius 3 is 2.70 bits per heavy atom. The normalized spacial score (nSPS) is 15.5. The standard InChI is InChI=1S/C23H31N3O4/c1-4-5-13-29-23(28)26-21(16(2)3)19-14-18(11-12-20(19)25-26)24-22(27)30-15-17-9-7-6-8-10-17/h6-10,16,18H,4-5,11-15H2,1-3H3,(H,24,27). The summed E-state index contributed by atoms with van der Waals surface area (Å²) in [6.45, 7) is 6.77. The minimum atomic E-state index is -0.426. The molecule has 1 atom stereocenters. The van der Waals surface area contributed by atoms with E-state index in [1.54, 1.807) is 0 Å². The number of hydrogen-bond donors (Lipinski definition) is 1. The van der Waals surface area contributed by atoms with Gasteiger partial charge in [0.25, 0.3) is 0 Å². The van der Waals surface area contributed by atoms with Crippen LogP contribution in [0.5, 0.6) is 0 Å². The summed E-state index contributed by atoms with van der Waals surface area (Å²) in [5.41, 5.74) is 3.78. The summed E-state index contributed by atoms with van der Waals surface area (Å²) >= 11 is 0. The van der Waals surface area contributed by atoms with Gasteiger partial charge in [-0.1, -0.05) is 57.5 Å². The van der Waals surface area contributed by atoms with Crippen LogP contribution in [0.2, 0.25) is 0 Å². The van der Waals surface area contributed by atoms with Crippen molar-refractivity contribution >= 4 is 12.2 Å². The molecule has 30 heavy (non-hydrogen) atoms. The first kappa shape index (κ1) is 21.9. The number of hydrogen-bond acceptors (Lipinski definition) is 5. The van der Waals surface area contributed by atoms with Crippen LogP contribution < -0.4 is 5.32 Å². The Kier molecular flexibility index (Phi) is 7.49. The van der Waals surface area contributed by atoms with Crippen molar-refractivity contribution in [2.45, 2.75) is 71.4 Å². The molecule has 1 amide bonds. The van der Waals surface area contributed by atoms with Crippen LogP contribution in [0, 0.1) is 0 Å². The molecule has 0 radical (unpaired) electrons. The summed E-state index contributed by atoms with van der Waals surface area (Å²) in [6, 6.07) is 9.54. The first-order valence-electron chi connectivity index (χ1n) is 10.7. The molecule has 2 aromatic rings. The highest BCUT2D eigenvalue weighted by molar-refractivity contribution is 5.71. The Balaban J connectivity index is 1.64. The van der Waals surface area contributed by atoms with E-state index in [4.69, 9.17) is 9.47 Å². The van der Waals surface area contributed by atoms with E-state index in [0.29, 0.717) is 19.4 Å². The number of rotatable bonds is 7. The molecular formula is C23H31N3O4. The summed E-state index contributed by atoms with van der Waals surface area (Å²) in [4.78, 5) is 24.8. The first-order valence-corrected chi connectivity index (χ1v) is 10.7. The molecule has 0 saturated carbocycles. The number of nitrogens with one attached hydrogen (secondary N) is 1. The highest BCUT2D eigenvalue weighted by atomic mass is 16.6. The van der Waals surface area contributed by atoms with Crippen LogP contribution in [0.1, 0.15) is 68.5 Å². The minimum Gasteiger partial charge on any atom is -0.448 e. The lowest BCUT2D eigenvalue weighted by molar-refractivity contribution is 0.134. The minimum absolute atomic E-state index is 0.0490. The summed E-state index contributed by atoms with van der Waals surface area (Å²) < 4.78 is 12.1. The molecule has 7 nitrogen and oxygen atoms in total. The Hall–Kier alpha value is -2.83. The monoisotopic (exact) mass is 413 g/mol. The third-order valence-electron chi connectivity index (χ3n) is 5.26. The van der Waals surface area contributed by atoms with E-state index >= 15 is 0 Å². The van der Waals surface area contributed by atoms with Crippen LogP contribution in [0.3, 0.4) is 0 Å². The number of alkyl carbamates (subject to hydrolysis) is 1. The van der Waals surface area contributed by atoms with E-state index in [1.807, 2.05) is 44.2 Å². The van der Waals surface area contributed by atoms with Crippen LogP contribution in [0.4, 0.5) is 9.59 Å². The SMILES string of the molecule is CCCCOC(=O)n1nc2c(c1C(C)C)CC(NC(=O)OCc1ccccc1)CC2. The predicted octanol–water partition coefficient (Wildman–Crippen LogP) is 4.58. The molecule has 0 saturated heterocycles. The molecule has 1 N–H and O–H groups in total. The molecule has 162 valence electrons. The Bertz CT molecular complexity index is 861. The lowest BCUT2D eigenvalue weighted by Crippen LogP contribution is -2.39. The number of benzene rings is 1. The second-order valence-electron chi connectivity index (χ2n) is 7.99. The zero-order valence-corrected chi connectivity index (χ0v) is 18.0. The van der Waals surface area contributed by atoms with E-state index in [9.17, 15) is 9.59 Å². The van der Waals surface area contributed by atoms with Crippen molar-refractivity contribution < 1.29 is 19.1 Å². The van der Waals surface area contributed by atoms with Gasteiger partial charge >= 0.3 is 12.2 Å². The van der Waals surface area contributed by atoms with Gasteiger partial charge in [0.2, 0.25) is 0 Å². The van der Waals surface area contributed by atoms with Gasteiger partial charge in [0, 0.05) is 6.04 Å². The van der Waals surface area contributed by atoms with Crippen molar-refractivity contribution in [2.75, 3.05) is 6.61 Å². The zero-order valence-electron chi connectivity index (χ0n) is 18.0. The number of amides is 1. The van der Waals surface area contributed by atoms with Crippen LogP contribution in [0.25, 0.3) is 0 Å². The van der Waals surface area contributed by atoms with Crippen molar-refractivity contribution in [2.24, 2.45) is 0 Å². The number of ether oxygens (including phenoxy) is 2. The van der Waals surface area contributed by atoms with Gasteiger partial charge in [-0.25, -0.2) is 9.59 Å². The molecule has 1 unspecified atom stereocenters. The topological polar surface area (TPSA) is 82.5 Å². The van der Waals surface area contributed by atoms with Gasteiger partial charge < -0.3 is 14.8 Å². The maximum Gasteiger partial charge on any atom is 0.434 e. The van der Waals surface area contributed by atoms with E-state index in [2.05, 4.69) is 17.3 Å². The average Bonchev–Trinajstić information content (AvgIpc) is 3.12. The highest BCUT2D eigenvalue weighted by Crippen LogP contribution is 2.29. The van der Waals surface area contributed by atoms with Gasteiger partial charge in [-0.3, -0.25) is 0 Å². The van der Waals surface area contributed by atoms with Crippen LogP contribution in [0.15, 0.2) is 30.3 Å². The largest absolute Gasteiger partial charge is 0.448 e. The van der Waals surface area contributed by atoms with Gasteiger partial charge in [0.05, 0.1) is 18.0 Å². The molecule has 0 aliphatic heterocycles. The summed E-state index contributed by atoms with van der Waals surface area (Å²) in [5, 5.41) is 7.50. The average molecular weight is 414 g/mol. The maximum atomic E-state index is 12.5.